The molecule has 7 nitrogen and oxygen atoms in total. The lowest BCUT2D eigenvalue weighted by Gasteiger charge is -2.30. The second-order valence-corrected chi connectivity index (χ2v) is 7.98. The molecule has 1 fully saturated rings. The van der Waals surface area contributed by atoms with Gasteiger partial charge in [0.15, 0.2) is 11.7 Å². The maximum absolute atomic E-state index is 12.6. The highest BCUT2D eigenvalue weighted by atomic mass is 16.5. The zero-order chi connectivity index (χ0) is 21.8. The van der Waals surface area contributed by atoms with Crippen molar-refractivity contribution < 1.29 is 18.7 Å². The van der Waals surface area contributed by atoms with Crippen LogP contribution in [0.25, 0.3) is 11.1 Å². The molecule has 0 radical (unpaired) electrons. The predicted molar refractivity (Wildman–Crippen MR) is 117 cm³/mol. The van der Waals surface area contributed by atoms with Crippen LogP contribution in [0, 0.1) is 5.92 Å². The Morgan fingerprint density at radius 3 is 2.52 bits per heavy atom. The van der Waals surface area contributed by atoms with Gasteiger partial charge in [0, 0.05) is 26.7 Å². The fourth-order valence-electron chi connectivity index (χ4n) is 3.87. The Balaban J connectivity index is 1.27. The average Bonchev–Trinajstić information content (AvgIpc) is 3.23. The number of rotatable bonds is 6. The fraction of sp³-hybridized carbons (Fsp3) is 0.375. The Morgan fingerprint density at radius 2 is 1.81 bits per heavy atom. The first kappa shape index (κ1) is 20.9. The minimum absolute atomic E-state index is 0.207. The van der Waals surface area contributed by atoms with Crippen LogP contribution in [-0.2, 0) is 20.9 Å². The Labute approximate surface area is 181 Å². The lowest BCUT2D eigenvalue weighted by molar-refractivity contribution is -0.162. The van der Waals surface area contributed by atoms with Gasteiger partial charge in [-0.15, -0.1) is 0 Å². The summed E-state index contributed by atoms with van der Waals surface area (Å²) in [5.74, 6) is -0.748. The Hall–Kier alpha value is -3.35. The predicted octanol–water partition coefficient (Wildman–Crippen LogP) is 3.63. The molecule has 0 aliphatic carbocycles. The van der Waals surface area contributed by atoms with E-state index in [4.69, 9.17) is 9.15 Å². The number of carbonyl (C=O) groups is 2. The van der Waals surface area contributed by atoms with Crippen LogP contribution < -0.4 is 4.90 Å². The number of likely N-dealkylation sites (N-methyl/N-ethyl adjacent to an activating group) is 1. The maximum atomic E-state index is 12.6. The van der Waals surface area contributed by atoms with Crippen LogP contribution in [0.4, 0.5) is 6.01 Å². The largest absolute Gasteiger partial charge is 0.452 e. The Morgan fingerprint density at radius 1 is 1.13 bits per heavy atom. The van der Waals surface area contributed by atoms with Gasteiger partial charge in [0.25, 0.3) is 11.9 Å². The van der Waals surface area contributed by atoms with Crippen LogP contribution in [0.15, 0.2) is 59.0 Å². The van der Waals surface area contributed by atoms with Crippen LogP contribution in [0.5, 0.6) is 0 Å². The molecule has 1 aliphatic heterocycles. The summed E-state index contributed by atoms with van der Waals surface area (Å²) in [6.07, 6.45) is 0.465. The molecule has 1 amide bonds. The van der Waals surface area contributed by atoms with Gasteiger partial charge in [-0.1, -0.05) is 42.5 Å². The molecule has 1 unspecified atom stereocenters. The Kier molecular flexibility index (Phi) is 6.21. The molecule has 0 spiro atoms. The van der Waals surface area contributed by atoms with Gasteiger partial charge in [-0.05, 0) is 37.5 Å². The number of carbonyl (C=O) groups excluding carboxylic acids is 2. The van der Waals surface area contributed by atoms with E-state index in [1.165, 1.54) is 0 Å². The van der Waals surface area contributed by atoms with E-state index in [0.717, 1.165) is 16.7 Å². The zero-order valence-corrected chi connectivity index (χ0v) is 17.9. The second kappa shape index (κ2) is 9.20. The van der Waals surface area contributed by atoms with Crippen molar-refractivity contribution in [2.24, 2.45) is 5.92 Å². The minimum Gasteiger partial charge on any atom is -0.452 e. The summed E-state index contributed by atoms with van der Waals surface area (Å²) in [6.45, 7) is 3.42. The molecule has 162 valence electrons. The van der Waals surface area contributed by atoms with Gasteiger partial charge in [0.1, 0.15) is 5.52 Å². The summed E-state index contributed by atoms with van der Waals surface area (Å²) in [5.41, 5.74) is 2.61. The number of nitrogens with zero attached hydrogens (tertiary/aromatic N) is 3. The monoisotopic (exact) mass is 421 g/mol. The number of benzene rings is 2. The van der Waals surface area contributed by atoms with E-state index in [9.17, 15) is 9.59 Å². The van der Waals surface area contributed by atoms with Crippen molar-refractivity contribution in [2.45, 2.75) is 32.4 Å². The van der Waals surface area contributed by atoms with Gasteiger partial charge < -0.3 is 19.0 Å². The summed E-state index contributed by atoms with van der Waals surface area (Å²) in [4.78, 5) is 33.4. The number of para-hydroxylation sites is 2. The van der Waals surface area contributed by atoms with Gasteiger partial charge in [0.05, 0.1) is 5.92 Å². The normalized spacial score (nSPS) is 15.6. The van der Waals surface area contributed by atoms with Gasteiger partial charge >= 0.3 is 5.97 Å². The van der Waals surface area contributed by atoms with Gasteiger partial charge in [-0.25, -0.2) is 0 Å². The SMILES string of the molecule is CC(OC(=O)C1CCN(c2nc3ccccc3o2)CC1)C(=O)N(C)Cc1ccccc1. The van der Waals surface area contributed by atoms with Crippen molar-refractivity contribution in [2.75, 3.05) is 25.0 Å². The summed E-state index contributed by atoms with van der Waals surface area (Å²) in [7, 11) is 1.72. The van der Waals surface area contributed by atoms with E-state index in [2.05, 4.69) is 4.98 Å². The van der Waals surface area contributed by atoms with Crippen molar-refractivity contribution in [1.82, 2.24) is 9.88 Å². The van der Waals surface area contributed by atoms with E-state index in [1.54, 1.807) is 18.9 Å². The Bertz CT molecular complexity index is 1010. The lowest BCUT2D eigenvalue weighted by Crippen LogP contribution is -2.41. The van der Waals surface area contributed by atoms with Crippen LogP contribution in [0.1, 0.15) is 25.3 Å². The van der Waals surface area contributed by atoms with E-state index < -0.39 is 6.10 Å². The smallest absolute Gasteiger partial charge is 0.309 e. The maximum Gasteiger partial charge on any atom is 0.309 e. The molecule has 1 aromatic heterocycles. The van der Waals surface area contributed by atoms with Gasteiger partial charge in [-0.2, -0.15) is 4.98 Å². The molecule has 31 heavy (non-hydrogen) atoms. The van der Waals surface area contributed by atoms with Gasteiger partial charge in [-0.3, -0.25) is 9.59 Å². The van der Waals surface area contributed by atoms with E-state index >= 15 is 0 Å². The number of esters is 1. The summed E-state index contributed by atoms with van der Waals surface area (Å²) < 4.78 is 11.3. The molecule has 7 heteroatoms. The first-order chi connectivity index (χ1) is 15.0. The number of oxazole rings is 1. The molecule has 2 aromatic carbocycles. The van der Waals surface area contributed by atoms with Crippen LogP contribution >= 0.6 is 0 Å². The third-order valence-electron chi connectivity index (χ3n) is 5.66. The third kappa shape index (κ3) is 4.87. The summed E-state index contributed by atoms with van der Waals surface area (Å²) >= 11 is 0. The molecule has 1 atom stereocenters. The highest BCUT2D eigenvalue weighted by Crippen LogP contribution is 2.27. The van der Waals surface area contributed by atoms with E-state index in [0.29, 0.717) is 38.5 Å². The number of piperidine rings is 1. The van der Waals surface area contributed by atoms with Crippen LogP contribution in [-0.4, -0.2) is 48.0 Å². The highest BCUT2D eigenvalue weighted by Gasteiger charge is 2.31. The first-order valence-corrected chi connectivity index (χ1v) is 10.6. The number of hydrogen-bond acceptors (Lipinski definition) is 6. The summed E-state index contributed by atoms with van der Waals surface area (Å²) in [6, 6.07) is 18.0. The molecule has 1 saturated heterocycles. The number of ether oxygens (including phenoxy) is 1. The number of fused-ring (bicyclic) bond motifs is 1. The average molecular weight is 421 g/mol. The zero-order valence-electron chi connectivity index (χ0n) is 17.9. The van der Waals surface area contributed by atoms with E-state index in [1.807, 2.05) is 59.5 Å². The number of hydrogen-bond donors (Lipinski definition) is 0. The van der Waals surface area contributed by atoms with E-state index in [-0.39, 0.29) is 17.8 Å². The molecule has 3 aromatic rings. The van der Waals surface area contributed by atoms with Crippen molar-refractivity contribution in [3.63, 3.8) is 0 Å². The van der Waals surface area contributed by atoms with Crippen LogP contribution in [0.3, 0.4) is 0 Å². The quantitative estimate of drug-likeness (QED) is 0.566. The van der Waals surface area contributed by atoms with Crippen molar-refractivity contribution in [3.05, 3.63) is 60.2 Å². The van der Waals surface area contributed by atoms with Crippen molar-refractivity contribution in [3.8, 4) is 0 Å². The molecule has 4 rings (SSSR count). The second-order valence-electron chi connectivity index (χ2n) is 7.98. The van der Waals surface area contributed by atoms with Crippen LogP contribution in [0.2, 0.25) is 0 Å². The fourth-order valence-corrected chi connectivity index (χ4v) is 3.87. The third-order valence-corrected chi connectivity index (χ3v) is 5.66. The standard InChI is InChI=1S/C24H27N3O4/c1-17(22(28)26(2)16-18-8-4-3-5-9-18)30-23(29)19-12-14-27(15-13-19)24-25-20-10-6-7-11-21(20)31-24/h3-11,17,19H,12-16H2,1-2H3. The molecule has 0 bridgehead atoms. The van der Waals surface area contributed by atoms with Gasteiger partial charge in [0.2, 0.25) is 0 Å². The molecule has 2 heterocycles. The molecule has 0 N–H and O–H groups in total. The topological polar surface area (TPSA) is 75.9 Å². The highest BCUT2D eigenvalue weighted by molar-refractivity contribution is 5.84. The van der Waals surface area contributed by atoms with Crippen molar-refractivity contribution in [1.29, 1.82) is 0 Å². The van der Waals surface area contributed by atoms with Crippen molar-refractivity contribution >= 4 is 29.0 Å². The molecular formula is C24H27N3O4. The number of aromatic nitrogens is 1. The number of amides is 1. The molecular weight excluding hydrogens is 394 g/mol. The lowest BCUT2D eigenvalue weighted by atomic mass is 9.97. The molecule has 0 saturated carbocycles. The minimum atomic E-state index is -0.809. The first-order valence-electron chi connectivity index (χ1n) is 10.6. The molecule has 1 aliphatic rings. The number of anilines is 1. The summed E-state index contributed by atoms with van der Waals surface area (Å²) in [5, 5.41) is 0.